The third kappa shape index (κ3) is 34.8. The third-order valence-corrected chi connectivity index (χ3v) is 18.5. The lowest BCUT2D eigenvalue weighted by atomic mass is 9.96. The van der Waals surface area contributed by atoms with Crippen LogP contribution >= 0.6 is 0 Å². The van der Waals surface area contributed by atoms with Gasteiger partial charge in [0.1, 0.15) is 73.2 Å². The number of rotatable bonds is 57. The highest BCUT2D eigenvalue weighted by Crippen LogP contribution is 2.33. The topological polar surface area (TPSA) is 307 Å². The van der Waals surface area contributed by atoms with Gasteiger partial charge >= 0.3 is 0 Å². The Balaban J connectivity index is 1.31. The highest BCUT2D eigenvalue weighted by molar-refractivity contribution is 5.76. The molecule has 17 unspecified atom stereocenters. The van der Waals surface area contributed by atoms with Crippen LogP contribution in [0.3, 0.4) is 0 Å². The van der Waals surface area contributed by atoms with Gasteiger partial charge in [-0.2, -0.15) is 0 Å². The second-order valence-corrected chi connectivity index (χ2v) is 26.4. The molecule has 3 fully saturated rings. The summed E-state index contributed by atoms with van der Waals surface area (Å²) in [6, 6.07) is -0.985. The van der Waals surface area contributed by atoms with Gasteiger partial charge in [-0.25, -0.2) is 0 Å². The van der Waals surface area contributed by atoms with E-state index < -0.39 is 124 Å². The Kier molecular flexibility index (Phi) is 49.0. The number of carbonyl (C=O) groups is 1. The van der Waals surface area contributed by atoms with Crippen molar-refractivity contribution in [2.75, 3.05) is 26.4 Å². The molecule has 3 aliphatic heterocycles. The molecule has 0 aromatic rings. The van der Waals surface area contributed by atoms with Gasteiger partial charge in [0.15, 0.2) is 18.9 Å². The Labute approximate surface area is 543 Å². The lowest BCUT2D eigenvalue weighted by Gasteiger charge is -2.48. The van der Waals surface area contributed by atoms with Crippen molar-refractivity contribution in [1.82, 2.24) is 5.32 Å². The fourth-order valence-electron chi connectivity index (χ4n) is 12.6. The molecule has 0 radical (unpaired) electrons. The molecule has 0 aliphatic carbocycles. The SMILES string of the molecule is CCCCCCC/C=C/CC/C=C/C(O)C(COC1OC(CO)C(OC2OC(CO)C(OC3OC(CO)C(O)C(O)C3O)C(O)C2O)C(O)C1O)NC(=O)CCCCCCCCCCCCCCCCCCCCCCCCCCCCCCCCCCCC. The van der Waals surface area contributed by atoms with E-state index in [1.807, 2.05) is 6.08 Å². The molecule has 17 atom stereocenters. The number of aliphatic hydroxyl groups is 11. The van der Waals surface area contributed by atoms with Crippen LogP contribution in [0.1, 0.15) is 290 Å². The van der Waals surface area contributed by atoms with E-state index in [4.69, 9.17) is 28.4 Å². The van der Waals surface area contributed by atoms with Gasteiger partial charge in [-0.05, 0) is 32.1 Å². The van der Waals surface area contributed by atoms with E-state index in [1.165, 1.54) is 218 Å². The molecule has 1 amide bonds. The van der Waals surface area contributed by atoms with E-state index in [0.717, 1.165) is 38.5 Å². The minimum Gasteiger partial charge on any atom is -0.394 e. The molecule has 19 heteroatoms. The summed E-state index contributed by atoms with van der Waals surface area (Å²) in [5.74, 6) is -0.282. The Bertz CT molecular complexity index is 1730. The summed E-state index contributed by atoms with van der Waals surface area (Å²) in [5.41, 5.74) is 0. The van der Waals surface area contributed by atoms with E-state index >= 15 is 0 Å². The standard InChI is InChI=1S/C71H133NO18/c1-3-5-7-9-11-13-15-16-17-18-19-20-21-22-23-24-25-26-27-28-29-30-31-32-33-34-35-36-37-39-41-43-45-47-49-59(77)72-54(55(76)48-46-44-42-40-38-14-12-10-8-6-4-2)53-85-69-65(83)62(80)67(57(51-74)87-69)90-71-66(84)63(81)68(58(52-75)88-71)89-70-64(82)61(79)60(78)56(50-73)86-70/h38,40,46,48,54-58,60-71,73-76,78-84H,3-37,39,41-45,47,49-53H2,1-2H3,(H,72,77)/b40-38+,48-46+. The Morgan fingerprint density at radius 2 is 0.711 bits per heavy atom. The van der Waals surface area contributed by atoms with Gasteiger partial charge in [0.25, 0.3) is 0 Å². The first-order valence-corrected chi connectivity index (χ1v) is 36.6. The number of hydrogen-bond donors (Lipinski definition) is 12. The average Bonchev–Trinajstić information content (AvgIpc) is 1.48. The zero-order valence-corrected chi connectivity index (χ0v) is 56.1. The van der Waals surface area contributed by atoms with Crippen molar-refractivity contribution in [3.05, 3.63) is 24.3 Å². The number of aliphatic hydroxyl groups excluding tert-OH is 11. The number of nitrogens with one attached hydrogen (secondary N) is 1. The van der Waals surface area contributed by atoms with Crippen molar-refractivity contribution in [2.24, 2.45) is 0 Å². The normalized spacial score (nSPS) is 28.1. The molecule has 19 nitrogen and oxygen atoms in total. The van der Waals surface area contributed by atoms with Crippen LogP contribution in [-0.4, -0.2) is 193 Å². The van der Waals surface area contributed by atoms with E-state index in [-0.39, 0.29) is 18.9 Å². The number of allylic oxidation sites excluding steroid dienone is 3. The maximum atomic E-state index is 13.4. The Morgan fingerprint density at radius 1 is 0.389 bits per heavy atom. The number of ether oxygens (including phenoxy) is 6. The van der Waals surface area contributed by atoms with Crippen LogP contribution in [-0.2, 0) is 33.2 Å². The van der Waals surface area contributed by atoms with Crippen LogP contribution in [0.15, 0.2) is 24.3 Å². The lowest BCUT2D eigenvalue weighted by Crippen LogP contribution is -2.66. The number of carbonyl (C=O) groups excluding carboxylic acids is 1. The Morgan fingerprint density at radius 3 is 1.11 bits per heavy atom. The van der Waals surface area contributed by atoms with E-state index in [0.29, 0.717) is 12.8 Å². The summed E-state index contributed by atoms with van der Waals surface area (Å²) in [6.45, 7) is 1.71. The summed E-state index contributed by atoms with van der Waals surface area (Å²) < 4.78 is 34.3. The second-order valence-electron chi connectivity index (χ2n) is 26.4. The number of amides is 1. The monoisotopic (exact) mass is 1290 g/mol. The average molecular weight is 1290 g/mol. The van der Waals surface area contributed by atoms with Crippen molar-refractivity contribution in [3.63, 3.8) is 0 Å². The van der Waals surface area contributed by atoms with Gasteiger partial charge in [-0.3, -0.25) is 4.79 Å². The summed E-state index contributed by atoms with van der Waals surface area (Å²) >= 11 is 0. The first-order chi connectivity index (χ1) is 43.8. The second kappa shape index (κ2) is 53.4. The van der Waals surface area contributed by atoms with E-state index in [2.05, 4.69) is 31.3 Å². The van der Waals surface area contributed by atoms with Crippen molar-refractivity contribution >= 4 is 5.91 Å². The van der Waals surface area contributed by atoms with Crippen LogP contribution in [0.4, 0.5) is 0 Å². The smallest absolute Gasteiger partial charge is 0.220 e. The van der Waals surface area contributed by atoms with Crippen molar-refractivity contribution in [2.45, 2.75) is 394 Å². The van der Waals surface area contributed by atoms with Gasteiger partial charge in [0, 0.05) is 6.42 Å². The predicted octanol–water partition coefficient (Wildman–Crippen LogP) is 10.2. The number of unbranched alkanes of at least 4 members (excludes halogenated alkanes) is 39. The molecule has 3 heterocycles. The minimum atomic E-state index is -1.98. The molecular formula is C71H133NO18. The van der Waals surface area contributed by atoms with Gasteiger partial charge in [-0.15, -0.1) is 0 Å². The molecule has 3 rings (SSSR count). The summed E-state index contributed by atoms with van der Waals surface area (Å²) in [4.78, 5) is 13.4. The van der Waals surface area contributed by atoms with E-state index in [9.17, 15) is 61.0 Å². The van der Waals surface area contributed by atoms with Gasteiger partial charge in [-0.1, -0.05) is 276 Å². The van der Waals surface area contributed by atoms with Crippen LogP contribution in [0.5, 0.6) is 0 Å². The number of hydrogen-bond acceptors (Lipinski definition) is 18. The van der Waals surface area contributed by atoms with Crippen LogP contribution in [0, 0.1) is 0 Å². The quantitative estimate of drug-likeness (QED) is 0.0199. The van der Waals surface area contributed by atoms with Crippen molar-refractivity contribution in [3.8, 4) is 0 Å². The van der Waals surface area contributed by atoms with Crippen molar-refractivity contribution in [1.29, 1.82) is 0 Å². The fraction of sp³-hybridized carbons (Fsp3) is 0.930. The molecule has 3 saturated heterocycles. The van der Waals surface area contributed by atoms with Crippen molar-refractivity contribution < 1.29 is 89.4 Å². The molecule has 3 aliphatic rings. The molecule has 0 aromatic carbocycles. The maximum Gasteiger partial charge on any atom is 0.220 e. The molecule has 90 heavy (non-hydrogen) atoms. The third-order valence-electron chi connectivity index (χ3n) is 18.5. The van der Waals surface area contributed by atoms with Gasteiger partial charge in [0.2, 0.25) is 5.91 Å². The summed E-state index contributed by atoms with van der Waals surface area (Å²) in [7, 11) is 0. The molecule has 0 spiro atoms. The maximum absolute atomic E-state index is 13.4. The molecule has 0 bridgehead atoms. The van der Waals surface area contributed by atoms with Gasteiger partial charge < -0.3 is 89.9 Å². The first-order valence-electron chi connectivity index (χ1n) is 36.6. The summed E-state index contributed by atoms with van der Waals surface area (Å²) in [5, 5.41) is 120. The zero-order valence-electron chi connectivity index (χ0n) is 56.1. The van der Waals surface area contributed by atoms with Crippen LogP contribution in [0.2, 0.25) is 0 Å². The largest absolute Gasteiger partial charge is 0.394 e. The van der Waals surface area contributed by atoms with Gasteiger partial charge in [0.05, 0.1) is 38.6 Å². The van der Waals surface area contributed by atoms with E-state index in [1.54, 1.807) is 6.08 Å². The fourth-order valence-corrected chi connectivity index (χ4v) is 12.6. The Hall–Kier alpha value is -1.73. The lowest BCUT2D eigenvalue weighted by molar-refractivity contribution is -0.379. The molecule has 12 N–H and O–H groups in total. The highest BCUT2D eigenvalue weighted by atomic mass is 16.8. The predicted molar refractivity (Wildman–Crippen MR) is 351 cm³/mol. The molecular weight excluding hydrogens is 1150 g/mol. The van der Waals surface area contributed by atoms with Crippen LogP contribution in [0.25, 0.3) is 0 Å². The summed E-state index contributed by atoms with van der Waals surface area (Å²) in [6.07, 6.45) is 35.0. The first kappa shape index (κ1) is 82.5. The zero-order chi connectivity index (χ0) is 65.4. The van der Waals surface area contributed by atoms with Crippen LogP contribution < -0.4 is 5.32 Å². The highest BCUT2D eigenvalue weighted by Gasteiger charge is 2.53. The molecule has 0 aromatic heterocycles. The molecule has 530 valence electrons. The minimum absolute atomic E-state index is 0.240. The molecule has 0 saturated carbocycles.